The molecule has 0 bridgehead atoms. The smallest absolute Gasteiger partial charge is 0.259 e. The number of amides is 2. The topological polar surface area (TPSA) is 88.9 Å². The molecule has 0 unspecified atom stereocenters. The maximum absolute atomic E-state index is 13.2. The van der Waals surface area contributed by atoms with E-state index in [1.165, 1.54) is 22.7 Å². The lowest BCUT2D eigenvalue weighted by molar-refractivity contribution is 0.102. The lowest BCUT2D eigenvalue weighted by Gasteiger charge is -2.06. The fourth-order valence-electron chi connectivity index (χ4n) is 3.21. The minimum Gasteiger partial charge on any atom is -0.322 e. The molecule has 3 aromatic heterocycles. The number of para-hydroxylation sites is 1. The maximum atomic E-state index is 13.2. The summed E-state index contributed by atoms with van der Waals surface area (Å²) < 4.78 is 1.70. The van der Waals surface area contributed by atoms with Crippen LogP contribution in [-0.2, 0) is 0 Å². The van der Waals surface area contributed by atoms with Crippen LogP contribution < -0.4 is 10.6 Å². The summed E-state index contributed by atoms with van der Waals surface area (Å²) in [7, 11) is 0. The first-order valence-corrected chi connectivity index (χ1v) is 11.7. The van der Waals surface area contributed by atoms with Crippen molar-refractivity contribution in [1.82, 2.24) is 14.8 Å². The van der Waals surface area contributed by atoms with Crippen LogP contribution in [0, 0.1) is 0 Å². The molecule has 5 aromatic rings. The van der Waals surface area contributed by atoms with E-state index in [9.17, 15) is 9.59 Å². The van der Waals surface area contributed by atoms with E-state index in [0.29, 0.717) is 27.6 Å². The quantitative estimate of drug-likeness (QED) is 0.339. The Morgan fingerprint density at radius 1 is 0.818 bits per heavy atom. The molecular formula is C24H17N5O2S2. The molecule has 2 aromatic carbocycles. The fraction of sp³-hybridized carbons (Fsp3) is 0. The van der Waals surface area contributed by atoms with E-state index >= 15 is 0 Å². The van der Waals surface area contributed by atoms with Crippen molar-refractivity contribution < 1.29 is 9.59 Å². The first-order valence-electron chi connectivity index (χ1n) is 9.98. The maximum Gasteiger partial charge on any atom is 0.259 e. The van der Waals surface area contributed by atoms with Gasteiger partial charge in [0.1, 0.15) is 5.69 Å². The molecule has 0 atom stereocenters. The van der Waals surface area contributed by atoms with Crippen molar-refractivity contribution in [2.45, 2.75) is 0 Å². The van der Waals surface area contributed by atoms with Gasteiger partial charge in [-0.3, -0.25) is 14.9 Å². The molecule has 0 fully saturated rings. The van der Waals surface area contributed by atoms with Crippen molar-refractivity contribution in [3.05, 3.63) is 101 Å². The summed E-state index contributed by atoms with van der Waals surface area (Å²) in [5, 5.41) is 14.6. The number of rotatable bonds is 6. The van der Waals surface area contributed by atoms with Crippen molar-refractivity contribution >= 4 is 45.3 Å². The second-order valence-corrected chi connectivity index (χ2v) is 8.81. The van der Waals surface area contributed by atoms with Gasteiger partial charge in [-0.15, -0.1) is 22.7 Å². The van der Waals surface area contributed by atoms with Gasteiger partial charge in [0.2, 0.25) is 0 Å². The zero-order valence-corrected chi connectivity index (χ0v) is 18.8. The van der Waals surface area contributed by atoms with Gasteiger partial charge in [0, 0.05) is 29.0 Å². The van der Waals surface area contributed by atoms with Gasteiger partial charge in [-0.25, -0.2) is 9.67 Å². The Labute approximate surface area is 197 Å². The highest BCUT2D eigenvalue weighted by Gasteiger charge is 2.20. The van der Waals surface area contributed by atoms with Crippen LogP contribution in [0.4, 0.5) is 10.8 Å². The van der Waals surface area contributed by atoms with Crippen LogP contribution in [0.1, 0.15) is 20.7 Å². The number of thiophene rings is 1. The van der Waals surface area contributed by atoms with Crippen LogP contribution in [0.25, 0.3) is 16.3 Å². The van der Waals surface area contributed by atoms with Crippen LogP contribution in [0.2, 0.25) is 0 Å². The fourth-order valence-corrected chi connectivity index (χ4v) is 4.45. The number of benzene rings is 2. The van der Waals surface area contributed by atoms with E-state index in [0.717, 1.165) is 10.6 Å². The molecule has 2 amide bonds. The summed E-state index contributed by atoms with van der Waals surface area (Å²) in [5.74, 6) is -0.535. The number of aromatic nitrogens is 3. The SMILES string of the molecule is O=C(Nc1nccs1)c1ccc(NC(=O)c2cn(-c3ccccc3)nc2-c2cccs2)cc1. The van der Waals surface area contributed by atoms with Gasteiger partial charge >= 0.3 is 0 Å². The summed E-state index contributed by atoms with van der Waals surface area (Å²) in [4.78, 5) is 30.5. The Balaban J connectivity index is 1.37. The average molecular weight is 472 g/mol. The van der Waals surface area contributed by atoms with Gasteiger partial charge in [0.25, 0.3) is 11.8 Å². The van der Waals surface area contributed by atoms with E-state index in [-0.39, 0.29) is 11.8 Å². The first kappa shape index (κ1) is 20.8. The van der Waals surface area contributed by atoms with E-state index in [1.54, 1.807) is 46.7 Å². The monoisotopic (exact) mass is 471 g/mol. The highest BCUT2D eigenvalue weighted by molar-refractivity contribution is 7.14. The van der Waals surface area contributed by atoms with Gasteiger partial charge in [-0.2, -0.15) is 5.10 Å². The molecule has 0 saturated carbocycles. The molecule has 0 aliphatic carbocycles. The molecule has 5 rings (SSSR count). The van der Waals surface area contributed by atoms with Crippen LogP contribution in [0.3, 0.4) is 0 Å². The van der Waals surface area contributed by atoms with Gasteiger partial charge in [-0.1, -0.05) is 24.3 Å². The van der Waals surface area contributed by atoms with Crippen molar-refractivity contribution in [3.63, 3.8) is 0 Å². The van der Waals surface area contributed by atoms with Crippen molar-refractivity contribution in [3.8, 4) is 16.3 Å². The van der Waals surface area contributed by atoms with E-state index in [1.807, 2.05) is 47.8 Å². The van der Waals surface area contributed by atoms with Gasteiger partial charge in [0.15, 0.2) is 5.13 Å². The van der Waals surface area contributed by atoms with E-state index < -0.39 is 0 Å². The van der Waals surface area contributed by atoms with Gasteiger partial charge in [-0.05, 0) is 47.8 Å². The van der Waals surface area contributed by atoms with Crippen LogP contribution >= 0.6 is 22.7 Å². The molecule has 0 aliphatic rings. The molecule has 7 nitrogen and oxygen atoms in total. The van der Waals surface area contributed by atoms with Gasteiger partial charge in [0.05, 0.1) is 16.1 Å². The standard InChI is InChI=1S/C24H17N5O2S2/c30-22(27-24-25-12-14-33-24)16-8-10-17(11-9-16)26-23(31)19-15-29(18-5-2-1-3-6-18)28-21(19)20-7-4-13-32-20/h1-15H,(H,26,31)(H,25,27,30). The van der Waals surface area contributed by atoms with Crippen molar-refractivity contribution in [2.24, 2.45) is 0 Å². The molecule has 9 heteroatoms. The Morgan fingerprint density at radius 2 is 1.64 bits per heavy atom. The summed E-state index contributed by atoms with van der Waals surface area (Å²) in [6.45, 7) is 0. The molecule has 0 saturated heterocycles. The number of hydrogen-bond acceptors (Lipinski definition) is 6. The lowest BCUT2D eigenvalue weighted by atomic mass is 10.1. The number of anilines is 2. The number of carbonyl (C=O) groups excluding carboxylic acids is 2. The summed E-state index contributed by atoms with van der Waals surface area (Å²) in [5.41, 5.74) is 3.00. The second kappa shape index (κ2) is 9.19. The first-order chi connectivity index (χ1) is 16.2. The van der Waals surface area contributed by atoms with E-state index in [2.05, 4.69) is 20.7 Å². The molecule has 3 heterocycles. The summed E-state index contributed by atoms with van der Waals surface area (Å²) in [6, 6.07) is 20.2. The molecule has 2 N–H and O–H groups in total. The highest BCUT2D eigenvalue weighted by Crippen LogP contribution is 2.28. The van der Waals surface area contributed by atoms with Crippen LogP contribution in [-0.4, -0.2) is 26.6 Å². The molecule has 0 radical (unpaired) electrons. The highest BCUT2D eigenvalue weighted by atomic mass is 32.1. The number of carbonyl (C=O) groups is 2. The molecule has 162 valence electrons. The number of hydrogen-bond donors (Lipinski definition) is 2. The summed E-state index contributed by atoms with van der Waals surface area (Å²) >= 11 is 2.87. The normalized spacial score (nSPS) is 10.7. The lowest BCUT2D eigenvalue weighted by Crippen LogP contribution is -2.14. The molecular weight excluding hydrogens is 454 g/mol. The predicted octanol–water partition coefficient (Wildman–Crippen LogP) is 5.56. The van der Waals surface area contributed by atoms with Crippen molar-refractivity contribution in [1.29, 1.82) is 0 Å². The number of thiazole rings is 1. The van der Waals surface area contributed by atoms with Gasteiger partial charge < -0.3 is 5.32 Å². The Hall–Kier alpha value is -4.08. The minimum atomic E-state index is -0.277. The molecule has 0 spiro atoms. The number of nitrogens with one attached hydrogen (secondary N) is 2. The second-order valence-electron chi connectivity index (χ2n) is 6.97. The zero-order valence-electron chi connectivity index (χ0n) is 17.1. The Bertz CT molecular complexity index is 1380. The summed E-state index contributed by atoms with van der Waals surface area (Å²) in [6.07, 6.45) is 3.36. The predicted molar refractivity (Wildman–Crippen MR) is 131 cm³/mol. The average Bonchev–Trinajstić information content (AvgIpc) is 3.61. The van der Waals surface area contributed by atoms with E-state index in [4.69, 9.17) is 0 Å². The zero-order chi connectivity index (χ0) is 22.6. The Kier molecular flexibility index (Phi) is 5.79. The van der Waals surface area contributed by atoms with Crippen molar-refractivity contribution in [2.75, 3.05) is 10.6 Å². The minimum absolute atomic E-state index is 0.257. The third kappa shape index (κ3) is 4.59. The molecule has 33 heavy (non-hydrogen) atoms. The number of nitrogens with zero attached hydrogens (tertiary/aromatic N) is 3. The third-order valence-corrected chi connectivity index (χ3v) is 6.36. The molecule has 0 aliphatic heterocycles. The van der Waals surface area contributed by atoms with Crippen LogP contribution in [0.15, 0.2) is 89.9 Å². The third-order valence-electron chi connectivity index (χ3n) is 4.79. The van der Waals surface area contributed by atoms with Crippen LogP contribution in [0.5, 0.6) is 0 Å². The Morgan fingerprint density at radius 3 is 2.33 bits per heavy atom. The largest absolute Gasteiger partial charge is 0.322 e.